The SMILES string of the molecule is C[C@H](NCc1ccc(CC(=O)O)cc1)c1ccccc1Br. The Morgan fingerprint density at radius 1 is 1.14 bits per heavy atom. The van der Waals surface area contributed by atoms with Crippen LogP contribution >= 0.6 is 15.9 Å². The molecule has 0 aliphatic heterocycles. The first-order valence-corrected chi connectivity index (χ1v) is 7.63. The molecule has 0 unspecified atom stereocenters. The Morgan fingerprint density at radius 3 is 2.38 bits per heavy atom. The Labute approximate surface area is 133 Å². The van der Waals surface area contributed by atoms with Crippen LogP contribution in [0.15, 0.2) is 53.0 Å². The average molecular weight is 348 g/mol. The summed E-state index contributed by atoms with van der Waals surface area (Å²) >= 11 is 3.56. The van der Waals surface area contributed by atoms with Gasteiger partial charge in [-0.25, -0.2) is 0 Å². The highest BCUT2D eigenvalue weighted by Crippen LogP contribution is 2.23. The number of hydrogen-bond acceptors (Lipinski definition) is 2. The van der Waals surface area contributed by atoms with Gasteiger partial charge in [0.25, 0.3) is 0 Å². The monoisotopic (exact) mass is 347 g/mol. The van der Waals surface area contributed by atoms with Crippen molar-refractivity contribution in [3.05, 3.63) is 69.7 Å². The lowest BCUT2D eigenvalue weighted by molar-refractivity contribution is -0.136. The molecular formula is C17H18BrNO2. The van der Waals surface area contributed by atoms with Crippen molar-refractivity contribution in [1.29, 1.82) is 0 Å². The molecule has 2 rings (SSSR count). The van der Waals surface area contributed by atoms with E-state index in [1.165, 1.54) is 5.56 Å². The highest BCUT2D eigenvalue weighted by molar-refractivity contribution is 9.10. The molecule has 0 aromatic heterocycles. The zero-order valence-electron chi connectivity index (χ0n) is 11.8. The largest absolute Gasteiger partial charge is 0.481 e. The molecule has 0 radical (unpaired) electrons. The fraction of sp³-hybridized carbons (Fsp3) is 0.235. The second-order valence-corrected chi connectivity index (χ2v) is 5.87. The fourth-order valence-corrected chi connectivity index (χ4v) is 2.78. The van der Waals surface area contributed by atoms with Crippen LogP contribution in [0.4, 0.5) is 0 Å². The molecule has 1 atom stereocenters. The topological polar surface area (TPSA) is 49.3 Å². The van der Waals surface area contributed by atoms with E-state index in [1.54, 1.807) is 0 Å². The van der Waals surface area contributed by atoms with Crippen LogP contribution in [-0.4, -0.2) is 11.1 Å². The van der Waals surface area contributed by atoms with Gasteiger partial charge in [-0.1, -0.05) is 58.4 Å². The molecule has 2 aromatic carbocycles. The minimum Gasteiger partial charge on any atom is -0.481 e. The average Bonchev–Trinajstić information content (AvgIpc) is 2.46. The number of carboxylic acids is 1. The summed E-state index contributed by atoms with van der Waals surface area (Å²) in [4.78, 5) is 10.6. The molecule has 0 aliphatic carbocycles. The van der Waals surface area contributed by atoms with Gasteiger partial charge in [0.1, 0.15) is 0 Å². The second kappa shape index (κ2) is 7.38. The Bertz CT molecular complexity index is 610. The quantitative estimate of drug-likeness (QED) is 0.832. The third-order valence-electron chi connectivity index (χ3n) is 3.36. The number of carboxylic acid groups (broad SMARTS) is 1. The highest BCUT2D eigenvalue weighted by atomic mass is 79.9. The molecule has 0 spiro atoms. The van der Waals surface area contributed by atoms with Crippen LogP contribution in [0.5, 0.6) is 0 Å². The van der Waals surface area contributed by atoms with Gasteiger partial charge in [0.2, 0.25) is 0 Å². The van der Waals surface area contributed by atoms with Crippen LogP contribution in [0, 0.1) is 0 Å². The van der Waals surface area contributed by atoms with E-state index in [9.17, 15) is 4.79 Å². The molecular weight excluding hydrogens is 330 g/mol. The van der Waals surface area contributed by atoms with Crippen LogP contribution in [0.25, 0.3) is 0 Å². The van der Waals surface area contributed by atoms with Gasteiger partial charge in [-0.15, -0.1) is 0 Å². The zero-order valence-corrected chi connectivity index (χ0v) is 13.4. The van der Waals surface area contributed by atoms with Crippen molar-refractivity contribution in [2.24, 2.45) is 0 Å². The minimum atomic E-state index is -0.802. The number of nitrogens with one attached hydrogen (secondary N) is 1. The molecule has 0 bridgehead atoms. The number of aliphatic carboxylic acids is 1. The Hall–Kier alpha value is -1.65. The molecule has 0 saturated heterocycles. The summed E-state index contributed by atoms with van der Waals surface area (Å²) in [7, 11) is 0. The summed E-state index contributed by atoms with van der Waals surface area (Å²) in [5, 5.41) is 12.2. The lowest BCUT2D eigenvalue weighted by atomic mass is 10.1. The van der Waals surface area contributed by atoms with Gasteiger partial charge >= 0.3 is 5.97 Å². The third kappa shape index (κ3) is 4.69. The van der Waals surface area contributed by atoms with Crippen LogP contribution in [0.2, 0.25) is 0 Å². The van der Waals surface area contributed by atoms with E-state index in [2.05, 4.69) is 34.2 Å². The van der Waals surface area contributed by atoms with Crippen molar-refractivity contribution < 1.29 is 9.90 Å². The summed E-state index contributed by atoms with van der Waals surface area (Å²) in [5.41, 5.74) is 3.19. The van der Waals surface area contributed by atoms with Crippen molar-refractivity contribution >= 4 is 21.9 Å². The lowest BCUT2D eigenvalue weighted by Gasteiger charge is -2.16. The van der Waals surface area contributed by atoms with Gasteiger partial charge < -0.3 is 10.4 Å². The number of rotatable bonds is 6. The summed E-state index contributed by atoms with van der Waals surface area (Å²) in [6, 6.07) is 16.1. The predicted molar refractivity (Wildman–Crippen MR) is 87.2 cm³/mol. The minimum absolute atomic E-state index is 0.0705. The lowest BCUT2D eigenvalue weighted by Crippen LogP contribution is -2.18. The standard InChI is InChI=1S/C17H18BrNO2/c1-12(15-4-2-3-5-16(15)18)19-11-14-8-6-13(7-9-14)10-17(20)21/h2-9,12,19H,10-11H2,1H3,(H,20,21)/t12-/m0/s1. The normalized spacial score (nSPS) is 12.1. The summed E-state index contributed by atoms with van der Waals surface area (Å²) in [6.45, 7) is 2.87. The first kappa shape index (κ1) is 15.7. The summed E-state index contributed by atoms with van der Waals surface area (Å²) in [5.74, 6) is -0.802. The van der Waals surface area contributed by atoms with Gasteiger partial charge in [0.15, 0.2) is 0 Å². The van der Waals surface area contributed by atoms with Crippen molar-refractivity contribution in [2.75, 3.05) is 0 Å². The van der Waals surface area contributed by atoms with Crippen LogP contribution in [0.1, 0.15) is 29.7 Å². The number of benzene rings is 2. The van der Waals surface area contributed by atoms with Gasteiger partial charge in [0.05, 0.1) is 6.42 Å². The molecule has 21 heavy (non-hydrogen) atoms. The fourth-order valence-electron chi connectivity index (χ4n) is 2.16. The first-order chi connectivity index (χ1) is 10.1. The zero-order chi connectivity index (χ0) is 15.2. The molecule has 0 heterocycles. The van der Waals surface area contributed by atoms with E-state index < -0.39 is 5.97 Å². The van der Waals surface area contributed by atoms with E-state index in [4.69, 9.17) is 5.11 Å². The van der Waals surface area contributed by atoms with Crippen LogP contribution < -0.4 is 5.32 Å². The Morgan fingerprint density at radius 2 is 1.76 bits per heavy atom. The van der Waals surface area contributed by atoms with Gasteiger partial charge in [-0.2, -0.15) is 0 Å². The van der Waals surface area contributed by atoms with Crippen molar-refractivity contribution in [3.8, 4) is 0 Å². The van der Waals surface area contributed by atoms with Crippen LogP contribution in [-0.2, 0) is 17.8 Å². The van der Waals surface area contributed by atoms with E-state index >= 15 is 0 Å². The Balaban J connectivity index is 1.94. The summed E-state index contributed by atoms with van der Waals surface area (Å²) in [6.07, 6.45) is 0.0705. The molecule has 0 fully saturated rings. The van der Waals surface area contributed by atoms with Crippen molar-refractivity contribution in [3.63, 3.8) is 0 Å². The third-order valence-corrected chi connectivity index (χ3v) is 4.08. The first-order valence-electron chi connectivity index (χ1n) is 6.83. The number of hydrogen-bond donors (Lipinski definition) is 2. The maximum absolute atomic E-state index is 10.6. The molecule has 2 N–H and O–H groups in total. The molecule has 4 heteroatoms. The molecule has 110 valence electrons. The van der Waals surface area contributed by atoms with E-state index in [1.807, 2.05) is 42.5 Å². The molecule has 3 nitrogen and oxygen atoms in total. The highest BCUT2D eigenvalue weighted by Gasteiger charge is 2.08. The molecule has 2 aromatic rings. The summed E-state index contributed by atoms with van der Waals surface area (Å²) < 4.78 is 1.10. The molecule has 0 aliphatic rings. The number of carbonyl (C=O) groups is 1. The van der Waals surface area contributed by atoms with Gasteiger partial charge in [-0.3, -0.25) is 4.79 Å². The maximum atomic E-state index is 10.6. The van der Waals surface area contributed by atoms with Crippen molar-refractivity contribution in [1.82, 2.24) is 5.32 Å². The van der Waals surface area contributed by atoms with Crippen LogP contribution in [0.3, 0.4) is 0 Å². The molecule has 0 amide bonds. The van der Waals surface area contributed by atoms with Crippen molar-refractivity contribution in [2.45, 2.75) is 25.9 Å². The van der Waals surface area contributed by atoms with E-state index in [0.717, 1.165) is 22.1 Å². The Kier molecular flexibility index (Phi) is 5.53. The second-order valence-electron chi connectivity index (χ2n) is 5.01. The predicted octanol–water partition coefficient (Wildman–Crippen LogP) is 3.93. The number of halogens is 1. The van der Waals surface area contributed by atoms with E-state index in [-0.39, 0.29) is 12.5 Å². The maximum Gasteiger partial charge on any atom is 0.307 e. The van der Waals surface area contributed by atoms with Gasteiger partial charge in [0, 0.05) is 17.1 Å². The van der Waals surface area contributed by atoms with E-state index in [0.29, 0.717) is 0 Å². The van der Waals surface area contributed by atoms with Gasteiger partial charge in [-0.05, 0) is 29.7 Å². The smallest absolute Gasteiger partial charge is 0.307 e. The molecule has 0 saturated carbocycles.